The molecule has 0 bridgehead atoms. The van der Waals surface area contributed by atoms with Gasteiger partial charge in [0.15, 0.2) is 0 Å². The third kappa shape index (κ3) is 2.46. The van der Waals surface area contributed by atoms with E-state index < -0.39 is 10.0 Å². The fraction of sp³-hybridized carbons (Fsp3) is 0.333. The predicted molar refractivity (Wildman–Crippen MR) is 88.6 cm³/mol. The molecule has 0 aromatic heterocycles. The lowest BCUT2D eigenvalue weighted by molar-refractivity contribution is 0.382. The zero-order valence-corrected chi connectivity index (χ0v) is 14.0. The van der Waals surface area contributed by atoms with E-state index in [2.05, 4.69) is 19.1 Å². The Morgan fingerprint density at radius 1 is 1.00 bits per heavy atom. The normalized spacial score (nSPS) is 20.5. The monoisotopic (exact) mass is 315 g/mol. The first-order valence-corrected chi connectivity index (χ1v) is 8.97. The first-order valence-electron chi connectivity index (χ1n) is 7.53. The van der Waals surface area contributed by atoms with Crippen molar-refractivity contribution in [2.24, 2.45) is 0 Å². The fourth-order valence-corrected chi connectivity index (χ4v) is 4.37. The number of hydrogen-bond donors (Lipinski definition) is 0. The first kappa shape index (κ1) is 15.3. The molecular formula is C18H21NO2S. The highest BCUT2D eigenvalue weighted by Crippen LogP contribution is 2.46. The molecule has 1 aliphatic carbocycles. The summed E-state index contributed by atoms with van der Waals surface area (Å²) in [6, 6.07) is 15.3. The molecule has 0 saturated carbocycles. The molecule has 0 amide bonds. The number of rotatable bonds is 4. The highest BCUT2D eigenvalue weighted by Gasteiger charge is 2.36. The van der Waals surface area contributed by atoms with Crippen LogP contribution in [0.4, 0.5) is 0 Å². The van der Waals surface area contributed by atoms with E-state index in [-0.39, 0.29) is 5.92 Å². The number of hydrogen-bond acceptors (Lipinski definition) is 2. The molecule has 0 fully saturated rings. The van der Waals surface area contributed by atoms with E-state index in [1.807, 2.05) is 31.2 Å². The summed E-state index contributed by atoms with van der Waals surface area (Å²) < 4.78 is 26.8. The second-order valence-corrected chi connectivity index (χ2v) is 8.17. The van der Waals surface area contributed by atoms with Crippen LogP contribution in [0.3, 0.4) is 0 Å². The molecule has 22 heavy (non-hydrogen) atoms. The van der Waals surface area contributed by atoms with Crippen LogP contribution in [0.2, 0.25) is 0 Å². The minimum Gasteiger partial charge on any atom is -0.207 e. The molecule has 2 aromatic carbocycles. The van der Waals surface area contributed by atoms with Gasteiger partial charge in [0.25, 0.3) is 0 Å². The van der Waals surface area contributed by atoms with Gasteiger partial charge in [0.05, 0.1) is 4.90 Å². The molecule has 116 valence electrons. The van der Waals surface area contributed by atoms with Gasteiger partial charge in [0.2, 0.25) is 10.0 Å². The standard InChI is InChI=1S/C18H21NO2S/c1-13-8-10-15(11-9-13)22(20,21)19(3)12-18-14(2)16-6-4-5-7-17(16)18/h4-11,14,18H,12H2,1-3H3. The summed E-state index contributed by atoms with van der Waals surface area (Å²) >= 11 is 0. The number of fused-ring (bicyclic) bond motifs is 1. The molecule has 0 heterocycles. The van der Waals surface area contributed by atoms with Crippen LogP contribution in [-0.4, -0.2) is 26.3 Å². The van der Waals surface area contributed by atoms with Gasteiger partial charge < -0.3 is 0 Å². The van der Waals surface area contributed by atoms with Crippen molar-refractivity contribution in [2.75, 3.05) is 13.6 Å². The van der Waals surface area contributed by atoms with Crippen LogP contribution in [0.15, 0.2) is 53.4 Å². The Bertz CT molecular complexity index is 781. The summed E-state index contributed by atoms with van der Waals surface area (Å²) in [5.74, 6) is 0.688. The van der Waals surface area contributed by atoms with E-state index in [9.17, 15) is 8.42 Å². The average Bonchev–Trinajstić information content (AvgIpc) is 2.52. The smallest absolute Gasteiger partial charge is 0.207 e. The molecule has 2 aromatic rings. The van der Waals surface area contributed by atoms with E-state index in [1.54, 1.807) is 19.2 Å². The Kier molecular flexibility index (Phi) is 3.83. The summed E-state index contributed by atoms with van der Waals surface area (Å²) in [5.41, 5.74) is 3.68. The van der Waals surface area contributed by atoms with Crippen molar-refractivity contribution in [3.05, 3.63) is 65.2 Å². The van der Waals surface area contributed by atoms with Crippen molar-refractivity contribution in [3.63, 3.8) is 0 Å². The largest absolute Gasteiger partial charge is 0.242 e. The van der Waals surface area contributed by atoms with Crippen LogP contribution in [0.1, 0.15) is 35.4 Å². The second kappa shape index (κ2) is 5.52. The van der Waals surface area contributed by atoms with E-state index in [4.69, 9.17) is 0 Å². The maximum absolute atomic E-state index is 12.7. The molecule has 0 spiro atoms. The average molecular weight is 315 g/mol. The summed E-state index contributed by atoms with van der Waals surface area (Å²) in [7, 11) is -1.75. The van der Waals surface area contributed by atoms with Gasteiger partial charge in [-0.1, -0.05) is 48.9 Å². The predicted octanol–water partition coefficient (Wildman–Crippen LogP) is 3.52. The van der Waals surface area contributed by atoms with Crippen LogP contribution in [0.5, 0.6) is 0 Å². The van der Waals surface area contributed by atoms with Crippen LogP contribution in [0.25, 0.3) is 0 Å². The number of sulfonamides is 1. The van der Waals surface area contributed by atoms with Gasteiger partial charge in [0, 0.05) is 19.5 Å². The van der Waals surface area contributed by atoms with Crippen LogP contribution in [0, 0.1) is 6.92 Å². The zero-order valence-electron chi connectivity index (χ0n) is 13.2. The van der Waals surface area contributed by atoms with Gasteiger partial charge in [0.1, 0.15) is 0 Å². The van der Waals surface area contributed by atoms with Crippen LogP contribution in [-0.2, 0) is 10.0 Å². The minimum atomic E-state index is -3.42. The summed E-state index contributed by atoms with van der Waals surface area (Å²) in [6.45, 7) is 4.64. The summed E-state index contributed by atoms with van der Waals surface area (Å²) in [6.07, 6.45) is 0. The lowest BCUT2D eigenvalue weighted by atomic mass is 9.69. The molecular weight excluding hydrogens is 294 g/mol. The maximum Gasteiger partial charge on any atom is 0.242 e. The molecule has 0 radical (unpaired) electrons. The molecule has 0 aliphatic heterocycles. The van der Waals surface area contributed by atoms with Crippen molar-refractivity contribution < 1.29 is 8.42 Å². The van der Waals surface area contributed by atoms with Crippen molar-refractivity contribution in [1.82, 2.24) is 4.31 Å². The Morgan fingerprint density at radius 3 is 2.23 bits per heavy atom. The van der Waals surface area contributed by atoms with Gasteiger partial charge >= 0.3 is 0 Å². The number of likely N-dealkylation sites (N-methyl/N-ethyl adjacent to an activating group) is 1. The Balaban J connectivity index is 1.80. The summed E-state index contributed by atoms with van der Waals surface area (Å²) in [5, 5.41) is 0. The van der Waals surface area contributed by atoms with Gasteiger partial charge in [-0.3, -0.25) is 0 Å². The topological polar surface area (TPSA) is 37.4 Å². The van der Waals surface area contributed by atoms with E-state index >= 15 is 0 Å². The van der Waals surface area contributed by atoms with Gasteiger partial charge in [-0.05, 0) is 36.1 Å². The molecule has 2 atom stereocenters. The molecule has 1 aliphatic rings. The SMILES string of the molecule is Cc1ccc(S(=O)(=O)N(C)CC2c3ccccc3C2C)cc1. The van der Waals surface area contributed by atoms with Crippen molar-refractivity contribution in [2.45, 2.75) is 30.6 Å². The van der Waals surface area contributed by atoms with Crippen molar-refractivity contribution in [1.29, 1.82) is 0 Å². The van der Waals surface area contributed by atoms with Crippen LogP contribution < -0.4 is 0 Å². The van der Waals surface area contributed by atoms with Gasteiger partial charge in [-0.15, -0.1) is 0 Å². The number of benzene rings is 2. The molecule has 4 heteroatoms. The minimum absolute atomic E-state index is 0.279. The van der Waals surface area contributed by atoms with Gasteiger partial charge in [-0.25, -0.2) is 12.7 Å². The Morgan fingerprint density at radius 2 is 1.59 bits per heavy atom. The third-order valence-corrected chi connectivity index (χ3v) is 6.51. The second-order valence-electron chi connectivity index (χ2n) is 6.12. The number of nitrogens with zero attached hydrogens (tertiary/aromatic N) is 1. The molecule has 2 unspecified atom stereocenters. The molecule has 0 N–H and O–H groups in total. The number of aryl methyl sites for hydroxylation is 1. The third-order valence-electron chi connectivity index (χ3n) is 4.67. The molecule has 0 saturated heterocycles. The van der Waals surface area contributed by atoms with Crippen molar-refractivity contribution in [3.8, 4) is 0 Å². The zero-order chi connectivity index (χ0) is 15.9. The summed E-state index contributed by atoms with van der Waals surface area (Å²) in [4.78, 5) is 0.362. The van der Waals surface area contributed by atoms with E-state index in [0.717, 1.165) is 5.56 Å². The lowest BCUT2D eigenvalue weighted by Gasteiger charge is -2.39. The quantitative estimate of drug-likeness (QED) is 0.866. The molecule has 3 rings (SSSR count). The molecule has 3 nitrogen and oxygen atoms in total. The Labute approximate surface area is 132 Å². The van der Waals surface area contributed by atoms with E-state index in [1.165, 1.54) is 15.4 Å². The highest BCUT2D eigenvalue weighted by molar-refractivity contribution is 7.89. The van der Waals surface area contributed by atoms with Crippen LogP contribution >= 0.6 is 0 Å². The lowest BCUT2D eigenvalue weighted by Crippen LogP contribution is -2.36. The maximum atomic E-state index is 12.7. The van der Waals surface area contributed by atoms with E-state index in [0.29, 0.717) is 17.4 Å². The first-order chi connectivity index (χ1) is 10.4. The fourth-order valence-electron chi connectivity index (χ4n) is 3.17. The van der Waals surface area contributed by atoms with Gasteiger partial charge in [-0.2, -0.15) is 0 Å². The highest BCUT2D eigenvalue weighted by atomic mass is 32.2. The Hall–Kier alpha value is -1.65. The van der Waals surface area contributed by atoms with Crippen molar-refractivity contribution >= 4 is 10.0 Å².